The third-order valence-electron chi connectivity index (χ3n) is 6.26. The SMILES string of the molecule is CC(C)CCCCCCCOc1ccc(CC[C@@](N)(CO)CC2CCC2)cc1. The summed E-state index contributed by atoms with van der Waals surface area (Å²) >= 11 is 0. The third kappa shape index (κ3) is 8.96. The van der Waals surface area contributed by atoms with Gasteiger partial charge in [0.2, 0.25) is 0 Å². The quantitative estimate of drug-likeness (QED) is 0.369. The zero-order valence-corrected chi connectivity index (χ0v) is 18.3. The van der Waals surface area contributed by atoms with Crippen LogP contribution in [-0.2, 0) is 6.42 Å². The molecule has 1 aliphatic rings. The minimum Gasteiger partial charge on any atom is -0.494 e. The molecule has 0 unspecified atom stereocenters. The number of nitrogens with two attached hydrogens (primary N) is 1. The molecule has 1 aromatic carbocycles. The van der Waals surface area contributed by atoms with Crippen LogP contribution in [0.4, 0.5) is 0 Å². The summed E-state index contributed by atoms with van der Waals surface area (Å²) in [6.07, 6.45) is 14.4. The Morgan fingerprint density at radius 3 is 2.36 bits per heavy atom. The zero-order valence-electron chi connectivity index (χ0n) is 18.3. The van der Waals surface area contributed by atoms with E-state index in [4.69, 9.17) is 10.5 Å². The Bertz CT molecular complexity index is 524. The molecule has 1 aromatic rings. The van der Waals surface area contributed by atoms with Gasteiger partial charge in [-0.3, -0.25) is 0 Å². The van der Waals surface area contributed by atoms with Crippen molar-refractivity contribution in [1.82, 2.24) is 0 Å². The lowest BCUT2D eigenvalue weighted by molar-refractivity contribution is 0.135. The molecule has 0 saturated heterocycles. The maximum atomic E-state index is 9.74. The van der Waals surface area contributed by atoms with Crippen LogP contribution in [-0.4, -0.2) is 23.9 Å². The van der Waals surface area contributed by atoms with Gasteiger partial charge in [0.1, 0.15) is 5.75 Å². The third-order valence-corrected chi connectivity index (χ3v) is 6.26. The summed E-state index contributed by atoms with van der Waals surface area (Å²) in [7, 11) is 0. The van der Waals surface area contributed by atoms with E-state index in [9.17, 15) is 5.11 Å². The average Bonchev–Trinajstić information content (AvgIpc) is 2.66. The Labute approximate surface area is 173 Å². The van der Waals surface area contributed by atoms with E-state index in [1.165, 1.54) is 56.9 Å². The van der Waals surface area contributed by atoms with E-state index in [2.05, 4.69) is 38.1 Å². The van der Waals surface area contributed by atoms with Crippen molar-refractivity contribution in [2.24, 2.45) is 17.6 Å². The molecule has 1 saturated carbocycles. The van der Waals surface area contributed by atoms with Crippen LogP contribution < -0.4 is 10.5 Å². The number of unbranched alkanes of at least 4 members (excludes halogenated alkanes) is 4. The Hall–Kier alpha value is -1.06. The van der Waals surface area contributed by atoms with Crippen molar-refractivity contribution in [3.8, 4) is 5.75 Å². The molecule has 0 spiro atoms. The lowest BCUT2D eigenvalue weighted by atomic mass is 9.75. The van der Waals surface area contributed by atoms with Crippen molar-refractivity contribution >= 4 is 0 Å². The predicted molar refractivity (Wildman–Crippen MR) is 119 cm³/mol. The molecule has 1 atom stereocenters. The molecule has 2 rings (SSSR count). The van der Waals surface area contributed by atoms with Gasteiger partial charge in [0.15, 0.2) is 0 Å². The van der Waals surface area contributed by atoms with Gasteiger partial charge in [-0.2, -0.15) is 0 Å². The van der Waals surface area contributed by atoms with Gasteiger partial charge in [-0.1, -0.05) is 77.3 Å². The van der Waals surface area contributed by atoms with Gasteiger partial charge in [0, 0.05) is 5.54 Å². The Morgan fingerprint density at radius 1 is 1.07 bits per heavy atom. The number of rotatable bonds is 15. The van der Waals surface area contributed by atoms with Crippen LogP contribution in [0.1, 0.15) is 90.0 Å². The monoisotopic (exact) mass is 389 g/mol. The summed E-state index contributed by atoms with van der Waals surface area (Å²) in [5, 5.41) is 9.74. The largest absolute Gasteiger partial charge is 0.494 e. The number of aliphatic hydroxyl groups excluding tert-OH is 1. The molecule has 160 valence electrons. The van der Waals surface area contributed by atoms with Crippen LogP contribution in [0.3, 0.4) is 0 Å². The average molecular weight is 390 g/mol. The summed E-state index contributed by atoms with van der Waals surface area (Å²) in [6.45, 7) is 5.49. The fourth-order valence-electron chi connectivity index (χ4n) is 4.04. The molecular weight excluding hydrogens is 346 g/mol. The van der Waals surface area contributed by atoms with Gasteiger partial charge in [-0.05, 0) is 55.2 Å². The first-order chi connectivity index (χ1) is 13.5. The van der Waals surface area contributed by atoms with Gasteiger partial charge in [-0.25, -0.2) is 0 Å². The van der Waals surface area contributed by atoms with E-state index in [0.717, 1.165) is 49.9 Å². The van der Waals surface area contributed by atoms with Crippen LogP contribution in [0.25, 0.3) is 0 Å². The van der Waals surface area contributed by atoms with E-state index in [0.29, 0.717) is 0 Å². The number of benzene rings is 1. The van der Waals surface area contributed by atoms with E-state index in [1.807, 2.05) is 0 Å². The molecule has 3 heteroatoms. The Morgan fingerprint density at radius 2 is 1.75 bits per heavy atom. The number of hydrogen-bond donors (Lipinski definition) is 2. The lowest BCUT2D eigenvalue weighted by Gasteiger charge is -2.35. The predicted octanol–water partition coefficient (Wildman–Crippen LogP) is 5.87. The fourth-order valence-corrected chi connectivity index (χ4v) is 4.04. The molecule has 1 fully saturated rings. The minimum atomic E-state index is -0.421. The van der Waals surface area contributed by atoms with Crippen molar-refractivity contribution in [2.45, 2.75) is 96.4 Å². The van der Waals surface area contributed by atoms with Crippen molar-refractivity contribution in [2.75, 3.05) is 13.2 Å². The normalized spacial score (nSPS) is 16.8. The van der Waals surface area contributed by atoms with E-state index in [1.54, 1.807) is 0 Å². The molecule has 0 amide bonds. The number of aliphatic hydroxyl groups is 1. The summed E-state index contributed by atoms with van der Waals surface area (Å²) in [4.78, 5) is 0. The van der Waals surface area contributed by atoms with Crippen LogP contribution in [0.2, 0.25) is 0 Å². The van der Waals surface area contributed by atoms with Crippen LogP contribution in [0.15, 0.2) is 24.3 Å². The van der Waals surface area contributed by atoms with Crippen LogP contribution >= 0.6 is 0 Å². The van der Waals surface area contributed by atoms with Crippen molar-refractivity contribution < 1.29 is 9.84 Å². The van der Waals surface area contributed by atoms with Gasteiger partial charge >= 0.3 is 0 Å². The summed E-state index contributed by atoms with van der Waals surface area (Å²) in [5.41, 5.74) is 7.30. The zero-order chi connectivity index (χ0) is 20.2. The molecule has 0 aliphatic heterocycles. The molecular formula is C25H43NO2. The molecule has 0 heterocycles. The maximum absolute atomic E-state index is 9.74. The number of hydrogen-bond acceptors (Lipinski definition) is 3. The highest BCUT2D eigenvalue weighted by Gasteiger charge is 2.30. The first-order valence-electron chi connectivity index (χ1n) is 11.6. The van der Waals surface area contributed by atoms with Gasteiger partial charge in [0.25, 0.3) is 0 Å². The fraction of sp³-hybridized carbons (Fsp3) is 0.760. The highest BCUT2D eigenvalue weighted by atomic mass is 16.5. The van der Waals surface area contributed by atoms with E-state index < -0.39 is 5.54 Å². The molecule has 1 aliphatic carbocycles. The molecule has 0 bridgehead atoms. The molecule has 0 radical (unpaired) electrons. The van der Waals surface area contributed by atoms with Crippen molar-refractivity contribution in [3.05, 3.63) is 29.8 Å². The highest BCUT2D eigenvalue weighted by molar-refractivity contribution is 5.27. The Balaban J connectivity index is 1.59. The van der Waals surface area contributed by atoms with Gasteiger partial charge < -0.3 is 15.6 Å². The van der Waals surface area contributed by atoms with Crippen LogP contribution in [0, 0.1) is 11.8 Å². The lowest BCUT2D eigenvalue weighted by Crippen LogP contribution is -2.46. The molecule has 3 nitrogen and oxygen atoms in total. The number of aryl methyl sites for hydroxylation is 1. The van der Waals surface area contributed by atoms with Crippen LogP contribution in [0.5, 0.6) is 5.75 Å². The van der Waals surface area contributed by atoms with E-state index in [-0.39, 0.29) is 6.61 Å². The maximum Gasteiger partial charge on any atom is 0.119 e. The van der Waals surface area contributed by atoms with Gasteiger partial charge in [0.05, 0.1) is 13.2 Å². The summed E-state index contributed by atoms with van der Waals surface area (Å²) in [5.74, 6) is 2.52. The molecule has 0 aromatic heterocycles. The standard InChI is InChI=1S/C25H43NO2/c1-21(2)9-6-4-3-5-7-18-28-24-14-12-22(13-15-24)16-17-25(26,20-27)19-23-10-8-11-23/h12-15,21,23,27H,3-11,16-20,26H2,1-2H3/t25-/m0/s1. The highest BCUT2D eigenvalue weighted by Crippen LogP contribution is 2.34. The van der Waals surface area contributed by atoms with Crippen molar-refractivity contribution in [3.63, 3.8) is 0 Å². The molecule has 28 heavy (non-hydrogen) atoms. The van der Waals surface area contributed by atoms with Gasteiger partial charge in [-0.15, -0.1) is 0 Å². The summed E-state index contributed by atoms with van der Waals surface area (Å²) in [6, 6.07) is 8.42. The van der Waals surface area contributed by atoms with E-state index >= 15 is 0 Å². The topological polar surface area (TPSA) is 55.5 Å². The minimum absolute atomic E-state index is 0.0855. The summed E-state index contributed by atoms with van der Waals surface area (Å²) < 4.78 is 5.88. The smallest absolute Gasteiger partial charge is 0.119 e. The second kappa shape index (κ2) is 12.5. The van der Waals surface area contributed by atoms with Crippen molar-refractivity contribution in [1.29, 1.82) is 0 Å². The molecule has 3 N–H and O–H groups in total. The number of ether oxygens (including phenoxy) is 1. The first kappa shape index (κ1) is 23.2. The first-order valence-corrected chi connectivity index (χ1v) is 11.6. The second-order valence-electron chi connectivity index (χ2n) is 9.46. The Kier molecular flexibility index (Phi) is 10.4. The second-order valence-corrected chi connectivity index (χ2v) is 9.46.